The molecule has 0 spiro atoms. The van der Waals surface area contributed by atoms with E-state index in [0.29, 0.717) is 11.8 Å². The van der Waals surface area contributed by atoms with Gasteiger partial charge in [0, 0.05) is 19.0 Å². The molecule has 88 valence electrons. The van der Waals surface area contributed by atoms with E-state index in [0.717, 1.165) is 25.9 Å². The van der Waals surface area contributed by atoms with Gasteiger partial charge < -0.3 is 9.64 Å². The van der Waals surface area contributed by atoms with Crippen molar-refractivity contribution in [1.29, 1.82) is 0 Å². The molecule has 4 heteroatoms. The van der Waals surface area contributed by atoms with Gasteiger partial charge in [-0.25, -0.2) is 4.79 Å². The zero-order chi connectivity index (χ0) is 11.5. The molecular formula is C11H20ClNO2. The van der Waals surface area contributed by atoms with Crippen molar-refractivity contribution in [3.05, 3.63) is 0 Å². The van der Waals surface area contributed by atoms with Crippen LogP contribution in [0.15, 0.2) is 0 Å². The highest BCUT2D eigenvalue weighted by Gasteiger charge is 2.29. The normalized spacial score (nSPS) is 21.9. The van der Waals surface area contributed by atoms with E-state index in [1.165, 1.54) is 0 Å². The summed E-state index contributed by atoms with van der Waals surface area (Å²) in [5, 5.41) is 0. The van der Waals surface area contributed by atoms with Crippen LogP contribution in [-0.4, -0.2) is 35.6 Å². The van der Waals surface area contributed by atoms with Crippen molar-refractivity contribution < 1.29 is 9.53 Å². The number of rotatable bonds is 2. The Morgan fingerprint density at radius 2 is 2.20 bits per heavy atom. The molecule has 0 aromatic rings. The first-order chi connectivity index (χ1) is 6.92. The minimum Gasteiger partial charge on any atom is -0.444 e. The lowest BCUT2D eigenvalue weighted by Crippen LogP contribution is -2.35. The second kappa shape index (κ2) is 5.06. The highest BCUT2D eigenvalue weighted by atomic mass is 35.5. The van der Waals surface area contributed by atoms with Gasteiger partial charge in [0.2, 0.25) is 0 Å². The maximum atomic E-state index is 11.7. The highest BCUT2D eigenvalue weighted by molar-refractivity contribution is 6.17. The number of halogens is 1. The van der Waals surface area contributed by atoms with Crippen LogP contribution in [0.3, 0.4) is 0 Å². The zero-order valence-corrected chi connectivity index (χ0v) is 10.5. The molecule has 0 aliphatic carbocycles. The molecule has 0 bridgehead atoms. The van der Waals surface area contributed by atoms with Crippen molar-refractivity contribution in [3.63, 3.8) is 0 Å². The van der Waals surface area contributed by atoms with E-state index in [4.69, 9.17) is 16.3 Å². The van der Waals surface area contributed by atoms with E-state index in [2.05, 4.69) is 0 Å². The number of carbonyl (C=O) groups excluding carboxylic acids is 1. The lowest BCUT2D eigenvalue weighted by atomic mass is 10.1. The van der Waals surface area contributed by atoms with Gasteiger partial charge in [-0.15, -0.1) is 11.6 Å². The number of carbonyl (C=O) groups is 1. The average Bonchev–Trinajstić information content (AvgIpc) is 2.50. The Balaban J connectivity index is 2.37. The Labute approximate surface area is 96.7 Å². The maximum absolute atomic E-state index is 11.7. The van der Waals surface area contributed by atoms with Crippen molar-refractivity contribution >= 4 is 17.7 Å². The van der Waals surface area contributed by atoms with Crippen molar-refractivity contribution in [1.82, 2.24) is 4.90 Å². The molecule has 1 atom stereocenters. The Hall–Kier alpha value is -0.440. The Bertz CT molecular complexity index is 225. The summed E-state index contributed by atoms with van der Waals surface area (Å²) >= 11 is 5.68. The van der Waals surface area contributed by atoms with Gasteiger partial charge in [-0.05, 0) is 39.5 Å². The summed E-state index contributed by atoms with van der Waals surface area (Å²) in [4.78, 5) is 13.5. The SMILES string of the molecule is CC(C)(C)OC(=O)N1CCC(CCCl)C1. The van der Waals surface area contributed by atoms with Crippen LogP contribution in [0, 0.1) is 5.92 Å². The average molecular weight is 234 g/mol. The lowest BCUT2D eigenvalue weighted by molar-refractivity contribution is 0.0288. The molecule has 1 aliphatic heterocycles. The van der Waals surface area contributed by atoms with Crippen molar-refractivity contribution in [2.75, 3.05) is 19.0 Å². The maximum Gasteiger partial charge on any atom is 0.410 e. The Morgan fingerprint density at radius 3 is 2.73 bits per heavy atom. The number of amides is 1. The third-order valence-electron chi connectivity index (χ3n) is 2.45. The van der Waals surface area contributed by atoms with E-state index >= 15 is 0 Å². The molecule has 1 heterocycles. The third-order valence-corrected chi connectivity index (χ3v) is 2.67. The topological polar surface area (TPSA) is 29.5 Å². The minimum absolute atomic E-state index is 0.195. The molecule has 1 aliphatic rings. The van der Waals surface area contributed by atoms with Gasteiger partial charge in [-0.1, -0.05) is 0 Å². The second-order valence-corrected chi connectivity index (χ2v) is 5.44. The van der Waals surface area contributed by atoms with Crippen molar-refractivity contribution in [2.24, 2.45) is 5.92 Å². The Morgan fingerprint density at radius 1 is 1.53 bits per heavy atom. The van der Waals surface area contributed by atoms with Gasteiger partial charge in [-0.2, -0.15) is 0 Å². The summed E-state index contributed by atoms with van der Waals surface area (Å²) in [5.74, 6) is 1.22. The number of likely N-dealkylation sites (tertiary alicyclic amines) is 1. The molecular weight excluding hydrogens is 214 g/mol. The molecule has 0 aromatic carbocycles. The van der Waals surface area contributed by atoms with E-state index in [1.807, 2.05) is 20.8 Å². The summed E-state index contributed by atoms with van der Waals surface area (Å²) in [5.41, 5.74) is -0.401. The van der Waals surface area contributed by atoms with Gasteiger partial charge in [0.25, 0.3) is 0 Å². The summed E-state index contributed by atoms with van der Waals surface area (Å²) in [6.07, 6.45) is 1.84. The first kappa shape index (κ1) is 12.6. The van der Waals surface area contributed by atoms with Crippen LogP contribution in [0.4, 0.5) is 4.79 Å². The van der Waals surface area contributed by atoms with Gasteiger partial charge in [0.05, 0.1) is 0 Å². The first-order valence-corrected chi connectivity index (χ1v) is 5.99. The van der Waals surface area contributed by atoms with Crippen LogP contribution in [-0.2, 0) is 4.74 Å². The van der Waals surface area contributed by atoms with E-state index < -0.39 is 5.60 Å². The second-order valence-electron chi connectivity index (χ2n) is 5.06. The summed E-state index contributed by atoms with van der Waals surface area (Å²) in [6, 6.07) is 0. The van der Waals surface area contributed by atoms with E-state index in [1.54, 1.807) is 4.90 Å². The summed E-state index contributed by atoms with van der Waals surface area (Å²) in [7, 11) is 0. The van der Waals surface area contributed by atoms with Crippen molar-refractivity contribution in [2.45, 2.75) is 39.2 Å². The summed E-state index contributed by atoms with van der Waals surface area (Å²) < 4.78 is 5.30. The smallest absolute Gasteiger partial charge is 0.410 e. The zero-order valence-electron chi connectivity index (χ0n) is 9.75. The van der Waals surface area contributed by atoms with E-state index in [-0.39, 0.29) is 6.09 Å². The van der Waals surface area contributed by atoms with Crippen LogP contribution in [0.25, 0.3) is 0 Å². The number of alkyl halides is 1. The van der Waals surface area contributed by atoms with Gasteiger partial charge >= 0.3 is 6.09 Å². The monoisotopic (exact) mass is 233 g/mol. The van der Waals surface area contributed by atoms with Crippen LogP contribution in [0.1, 0.15) is 33.6 Å². The highest BCUT2D eigenvalue weighted by Crippen LogP contribution is 2.22. The number of hydrogen-bond donors (Lipinski definition) is 0. The molecule has 1 rings (SSSR count). The standard InChI is InChI=1S/C11H20ClNO2/c1-11(2,3)15-10(14)13-7-5-9(8-13)4-6-12/h9H,4-8H2,1-3H3. The van der Waals surface area contributed by atoms with Crippen LogP contribution in [0.2, 0.25) is 0 Å². The number of ether oxygens (including phenoxy) is 1. The summed E-state index contributed by atoms with van der Waals surface area (Å²) in [6.45, 7) is 7.25. The molecule has 0 radical (unpaired) electrons. The third kappa shape index (κ3) is 4.29. The number of hydrogen-bond acceptors (Lipinski definition) is 2. The molecule has 0 saturated carbocycles. The molecule has 1 fully saturated rings. The number of nitrogens with zero attached hydrogens (tertiary/aromatic N) is 1. The molecule has 15 heavy (non-hydrogen) atoms. The molecule has 1 amide bonds. The molecule has 0 N–H and O–H groups in total. The molecule has 1 unspecified atom stereocenters. The Kier molecular flexibility index (Phi) is 4.26. The van der Waals surface area contributed by atoms with Gasteiger partial charge in [0.15, 0.2) is 0 Å². The van der Waals surface area contributed by atoms with Crippen LogP contribution in [0.5, 0.6) is 0 Å². The van der Waals surface area contributed by atoms with E-state index in [9.17, 15) is 4.79 Å². The fourth-order valence-corrected chi connectivity index (χ4v) is 2.02. The molecule has 3 nitrogen and oxygen atoms in total. The van der Waals surface area contributed by atoms with Gasteiger partial charge in [0.1, 0.15) is 5.60 Å². The molecule has 1 saturated heterocycles. The van der Waals surface area contributed by atoms with Crippen LogP contribution < -0.4 is 0 Å². The lowest BCUT2D eigenvalue weighted by Gasteiger charge is -2.24. The largest absolute Gasteiger partial charge is 0.444 e. The fourth-order valence-electron chi connectivity index (χ4n) is 1.71. The quantitative estimate of drug-likeness (QED) is 0.687. The van der Waals surface area contributed by atoms with Gasteiger partial charge in [-0.3, -0.25) is 0 Å². The minimum atomic E-state index is -0.401. The fraction of sp³-hybridized carbons (Fsp3) is 0.909. The predicted octanol–water partition coefficient (Wildman–Crippen LogP) is 2.87. The van der Waals surface area contributed by atoms with Crippen LogP contribution >= 0.6 is 11.6 Å². The first-order valence-electron chi connectivity index (χ1n) is 5.46. The predicted molar refractivity (Wildman–Crippen MR) is 61.3 cm³/mol. The molecule has 0 aromatic heterocycles. The van der Waals surface area contributed by atoms with Crippen molar-refractivity contribution in [3.8, 4) is 0 Å².